The van der Waals surface area contributed by atoms with Crippen molar-refractivity contribution >= 4 is 11.6 Å². The second-order valence-corrected chi connectivity index (χ2v) is 7.06. The average Bonchev–Trinajstić information content (AvgIpc) is 3.03. The number of rotatable bonds is 6. The molecule has 0 aliphatic carbocycles. The predicted octanol–water partition coefficient (Wildman–Crippen LogP) is 2.31. The van der Waals surface area contributed by atoms with Gasteiger partial charge in [0.2, 0.25) is 0 Å². The Bertz CT molecular complexity index is 747. The van der Waals surface area contributed by atoms with Crippen molar-refractivity contribution in [2.75, 3.05) is 6.61 Å². The van der Waals surface area contributed by atoms with Crippen molar-refractivity contribution in [1.29, 1.82) is 0 Å². The number of aliphatic hydroxyl groups is 1. The highest BCUT2D eigenvalue weighted by molar-refractivity contribution is 5.94. The number of non-ortho nitro benzene ring substituents is 1. The Labute approximate surface area is 145 Å². The minimum Gasteiger partial charge on any atom is -0.394 e. The zero-order valence-electron chi connectivity index (χ0n) is 14.5. The molecule has 1 atom stereocenters. The molecule has 0 saturated heterocycles. The Kier molecular flexibility index (Phi) is 5.53. The molecule has 0 fully saturated rings. The van der Waals surface area contributed by atoms with Crippen LogP contribution < -0.4 is 5.32 Å². The number of nitro benzene ring substituents is 1. The summed E-state index contributed by atoms with van der Waals surface area (Å²) < 4.78 is 1.47. The number of nitrogens with one attached hydrogen (secondary N) is 1. The maximum atomic E-state index is 12.3. The van der Waals surface area contributed by atoms with Crippen LogP contribution in [0.3, 0.4) is 0 Å². The van der Waals surface area contributed by atoms with E-state index in [1.807, 2.05) is 20.8 Å². The molecule has 0 aliphatic rings. The van der Waals surface area contributed by atoms with Gasteiger partial charge in [-0.15, -0.1) is 0 Å². The minimum atomic E-state index is -0.476. The number of hydrogen-bond donors (Lipinski definition) is 2. The Balaban J connectivity index is 2.09. The van der Waals surface area contributed by atoms with E-state index in [9.17, 15) is 20.0 Å². The number of carbonyl (C=O) groups is 1. The van der Waals surface area contributed by atoms with E-state index in [1.165, 1.54) is 23.0 Å². The maximum absolute atomic E-state index is 12.3. The zero-order valence-corrected chi connectivity index (χ0v) is 14.5. The lowest BCUT2D eigenvalue weighted by Crippen LogP contribution is -2.39. The van der Waals surface area contributed by atoms with Crippen LogP contribution in [0.1, 0.15) is 37.6 Å². The van der Waals surface area contributed by atoms with Crippen LogP contribution in [0.25, 0.3) is 5.69 Å². The quantitative estimate of drug-likeness (QED) is 0.616. The molecule has 2 rings (SSSR count). The minimum absolute atomic E-state index is 0.0122. The van der Waals surface area contributed by atoms with Crippen LogP contribution in [0.2, 0.25) is 0 Å². The van der Waals surface area contributed by atoms with E-state index >= 15 is 0 Å². The van der Waals surface area contributed by atoms with Crippen LogP contribution in [0.15, 0.2) is 36.7 Å². The normalized spacial score (nSPS) is 12.6. The van der Waals surface area contributed by atoms with Crippen LogP contribution in [-0.4, -0.2) is 38.4 Å². The third kappa shape index (κ3) is 5.12. The van der Waals surface area contributed by atoms with Gasteiger partial charge in [-0.25, -0.2) is 4.68 Å². The Hall–Kier alpha value is -2.74. The molecule has 1 aromatic carbocycles. The summed E-state index contributed by atoms with van der Waals surface area (Å²) in [6.07, 6.45) is 3.61. The van der Waals surface area contributed by atoms with Gasteiger partial charge in [0.15, 0.2) is 0 Å². The van der Waals surface area contributed by atoms with Crippen molar-refractivity contribution in [2.24, 2.45) is 5.41 Å². The Morgan fingerprint density at radius 2 is 2.00 bits per heavy atom. The molecule has 1 aromatic heterocycles. The van der Waals surface area contributed by atoms with Gasteiger partial charge < -0.3 is 10.4 Å². The maximum Gasteiger partial charge on any atom is 0.269 e. The molecule has 0 saturated carbocycles. The molecular weight excluding hydrogens is 324 g/mol. The van der Waals surface area contributed by atoms with E-state index in [4.69, 9.17) is 0 Å². The number of carbonyl (C=O) groups excluding carboxylic acids is 1. The zero-order chi connectivity index (χ0) is 18.6. The third-order valence-corrected chi connectivity index (χ3v) is 3.58. The van der Waals surface area contributed by atoms with Crippen LogP contribution in [0.4, 0.5) is 5.69 Å². The average molecular weight is 346 g/mol. The molecule has 0 spiro atoms. The summed E-state index contributed by atoms with van der Waals surface area (Å²) in [5, 5.41) is 27.0. The molecule has 0 radical (unpaired) electrons. The van der Waals surface area contributed by atoms with Gasteiger partial charge in [-0.05, 0) is 24.0 Å². The highest BCUT2D eigenvalue weighted by Gasteiger charge is 2.21. The lowest BCUT2D eigenvalue weighted by molar-refractivity contribution is -0.384. The molecule has 1 heterocycles. The summed E-state index contributed by atoms with van der Waals surface area (Å²) in [6, 6.07) is 5.53. The van der Waals surface area contributed by atoms with E-state index in [0.717, 1.165) is 0 Å². The van der Waals surface area contributed by atoms with E-state index < -0.39 is 4.92 Å². The van der Waals surface area contributed by atoms with Crippen molar-refractivity contribution < 1.29 is 14.8 Å². The van der Waals surface area contributed by atoms with Crippen molar-refractivity contribution in [3.05, 3.63) is 52.3 Å². The third-order valence-electron chi connectivity index (χ3n) is 3.58. The summed E-state index contributed by atoms with van der Waals surface area (Å²) in [6.45, 7) is 5.97. The fourth-order valence-corrected chi connectivity index (χ4v) is 2.48. The number of aromatic nitrogens is 2. The van der Waals surface area contributed by atoms with E-state index in [-0.39, 0.29) is 29.7 Å². The summed E-state index contributed by atoms with van der Waals surface area (Å²) in [5.74, 6) is -0.323. The van der Waals surface area contributed by atoms with E-state index in [1.54, 1.807) is 18.3 Å². The van der Waals surface area contributed by atoms with Gasteiger partial charge in [-0.2, -0.15) is 5.10 Å². The second-order valence-electron chi connectivity index (χ2n) is 7.06. The number of nitro groups is 1. The van der Waals surface area contributed by atoms with Gasteiger partial charge in [0.25, 0.3) is 11.6 Å². The highest BCUT2D eigenvalue weighted by atomic mass is 16.6. The molecule has 2 N–H and O–H groups in total. The molecule has 8 nitrogen and oxygen atoms in total. The molecule has 8 heteroatoms. The fourth-order valence-electron chi connectivity index (χ4n) is 2.48. The molecule has 0 bridgehead atoms. The number of amides is 1. The van der Waals surface area contributed by atoms with E-state index in [2.05, 4.69) is 10.4 Å². The smallest absolute Gasteiger partial charge is 0.269 e. The van der Waals surface area contributed by atoms with Crippen molar-refractivity contribution in [3.8, 4) is 5.69 Å². The lowest BCUT2D eigenvalue weighted by atomic mass is 9.88. The van der Waals surface area contributed by atoms with E-state index in [0.29, 0.717) is 17.7 Å². The summed E-state index contributed by atoms with van der Waals surface area (Å²) in [5.41, 5.74) is 0.925. The molecule has 1 amide bonds. The first-order valence-corrected chi connectivity index (χ1v) is 7.91. The van der Waals surface area contributed by atoms with Gasteiger partial charge in [0, 0.05) is 18.3 Å². The Morgan fingerprint density at radius 3 is 2.52 bits per heavy atom. The number of hydrogen-bond acceptors (Lipinski definition) is 5. The molecule has 0 aliphatic heterocycles. The first-order chi connectivity index (χ1) is 11.7. The second kappa shape index (κ2) is 7.43. The highest BCUT2D eigenvalue weighted by Crippen LogP contribution is 2.21. The van der Waals surface area contributed by atoms with Crippen LogP contribution in [-0.2, 0) is 0 Å². The lowest BCUT2D eigenvalue weighted by Gasteiger charge is -2.25. The van der Waals surface area contributed by atoms with Gasteiger partial charge in [-0.3, -0.25) is 14.9 Å². The first kappa shape index (κ1) is 18.6. The number of benzene rings is 1. The standard InChI is InChI=1S/C17H22N4O4/c1-17(2,3)8-13(11-22)19-16(23)12-9-18-20(10-12)14-4-6-15(7-5-14)21(24)25/h4-7,9-10,13,22H,8,11H2,1-3H3,(H,19,23). The van der Waals surface area contributed by atoms with Gasteiger partial charge in [0.1, 0.15) is 0 Å². The number of aliphatic hydroxyl groups excluding tert-OH is 1. The van der Waals surface area contributed by atoms with Gasteiger partial charge in [0.05, 0.1) is 35.0 Å². The Morgan fingerprint density at radius 1 is 1.36 bits per heavy atom. The van der Waals surface area contributed by atoms with Crippen LogP contribution in [0.5, 0.6) is 0 Å². The first-order valence-electron chi connectivity index (χ1n) is 7.91. The van der Waals surface area contributed by atoms with Gasteiger partial charge >= 0.3 is 0 Å². The summed E-state index contributed by atoms with van der Waals surface area (Å²) in [7, 11) is 0. The largest absolute Gasteiger partial charge is 0.394 e. The van der Waals surface area contributed by atoms with Crippen LogP contribution in [0, 0.1) is 15.5 Å². The predicted molar refractivity (Wildman–Crippen MR) is 92.6 cm³/mol. The summed E-state index contributed by atoms with van der Waals surface area (Å²) in [4.78, 5) is 22.5. The van der Waals surface area contributed by atoms with Crippen molar-refractivity contribution in [1.82, 2.24) is 15.1 Å². The van der Waals surface area contributed by atoms with Crippen molar-refractivity contribution in [3.63, 3.8) is 0 Å². The molecule has 134 valence electrons. The fraction of sp³-hybridized carbons (Fsp3) is 0.412. The SMILES string of the molecule is CC(C)(C)CC(CO)NC(=O)c1cnn(-c2ccc([N+](=O)[O-])cc2)c1. The molecule has 2 aromatic rings. The number of nitrogens with zero attached hydrogens (tertiary/aromatic N) is 3. The summed E-state index contributed by atoms with van der Waals surface area (Å²) >= 11 is 0. The monoisotopic (exact) mass is 346 g/mol. The molecule has 25 heavy (non-hydrogen) atoms. The van der Waals surface area contributed by atoms with Gasteiger partial charge in [-0.1, -0.05) is 20.8 Å². The molecule has 1 unspecified atom stereocenters. The van der Waals surface area contributed by atoms with Crippen molar-refractivity contribution in [2.45, 2.75) is 33.2 Å². The topological polar surface area (TPSA) is 110 Å². The molecular formula is C17H22N4O4. The van der Waals surface area contributed by atoms with Crippen LogP contribution >= 0.6 is 0 Å².